The number of allylic oxidation sites excluding steroid dienone is 2. The number of benzene rings is 1. The Kier molecular flexibility index (Phi) is 5.44. The molecule has 4 aliphatic rings. The summed E-state index contributed by atoms with van der Waals surface area (Å²) in [6.45, 7) is 2.11. The molecule has 5 rings (SSSR count). The van der Waals surface area contributed by atoms with Crippen LogP contribution < -0.4 is 0 Å². The summed E-state index contributed by atoms with van der Waals surface area (Å²) < 4.78 is 30.3. The van der Waals surface area contributed by atoms with Crippen LogP contribution in [0.1, 0.15) is 57.4 Å². The van der Waals surface area contributed by atoms with E-state index in [-0.39, 0.29) is 18.4 Å². The number of rotatable bonds is 5. The first kappa shape index (κ1) is 22.0. The fourth-order valence-corrected chi connectivity index (χ4v) is 7.41. The zero-order chi connectivity index (χ0) is 22.6. The third-order valence-electron chi connectivity index (χ3n) is 8.32. The van der Waals surface area contributed by atoms with E-state index in [9.17, 15) is 18.3 Å². The van der Waals surface area contributed by atoms with Crippen molar-refractivity contribution in [1.82, 2.24) is 0 Å². The number of fused-ring (bicyclic) bond motifs is 5. The Morgan fingerprint density at radius 1 is 1.12 bits per heavy atom. The molecule has 1 unspecified atom stereocenters. The normalized spacial score (nSPS) is 36.6. The highest BCUT2D eigenvalue weighted by Crippen LogP contribution is 2.60. The third-order valence-corrected chi connectivity index (χ3v) is 9.74. The molecule has 0 saturated heterocycles. The van der Waals surface area contributed by atoms with Crippen LogP contribution in [0.4, 0.5) is 0 Å². The summed E-state index contributed by atoms with van der Waals surface area (Å²) in [5.74, 6) is 1.61. The Bertz CT molecular complexity index is 1070. The lowest BCUT2D eigenvalue weighted by atomic mass is 9.54. The van der Waals surface area contributed by atoms with E-state index in [4.69, 9.17) is 9.22 Å². The SMILES string of the molecule is C[C@]12CC[C@@H]3C4=CCC(O)(S(=O)(=O)OOCc5ccccc5)C=C4CC[C@H]3[C@@H]1CCC2=O. The van der Waals surface area contributed by atoms with Crippen LogP contribution in [0.3, 0.4) is 0 Å². The van der Waals surface area contributed by atoms with Crippen LogP contribution in [-0.4, -0.2) is 24.2 Å². The molecule has 0 radical (unpaired) electrons. The van der Waals surface area contributed by atoms with Crippen LogP contribution in [0, 0.1) is 23.2 Å². The second-order valence-corrected chi connectivity index (χ2v) is 11.7. The van der Waals surface area contributed by atoms with E-state index in [1.807, 2.05) is 24.3 Å². The Morgan fingerprint density at radius 2 is 1.91 bits per heavy atom. The molecule has 0 amide bonds. The molecule has 1 N–H and O–H groups in total. The van der Waals surface area contributed by atoms with Gasteiger partial charge >= 0.3 is 10.1 Å². The van der Waals surface area contributed by atoms with E-state index >= 15 is 0 Å². The van der Waals surface area contributed by atoms with Crippen molar-refractivity contribution in [2.24, 2.45) is 23.2 Å². The molecule has 7 heteroatoms. The van der Waals surface area contributed by atoms with E-state index in [0.717, 1.165) is 42.4 Å². The molecular formula is C25H30O6S. The average Bonchev–Trinajstić information content (AvgIpc) is 3.08. The molecule has 0 spiro atoms. The third kappa shape index (κ3) is 3.50. The minimum atomic E-state index is -4.40. The van der Waals surface area contributed by atoms with Gasteiger partial charge < -0.3 is 5.11 Å². The monoisotopic (exact) mass is 458 g/mol. The van der Waals surface area contributed by atoms with E-state index in [2.05, 4.69) is 6.92 Å². The molecule has 1 aromatic carbocycles. The lowest BCUT2D eigenvalue weighted by Gasteiger charge is -2.50. The van der Waals surface area contributed by atoms with Crippen LogP contribution in [0.15, 0.2) is 53.6 Å². The van der Waals surface area contributed by atoms with Crippen molar-refractivity contribution in [1.29, 1.82) is 0 Å². The highest BCUT2D eigenvalue weighted by Gasteiger charge is 2.56. The Balaban J connectivity index is 1.30. The molecule has 3 fully saturated rings. The quantitative estimate of drug-likeness (QED) is 0.525. The fraction of sp³-hybridized carbons (Fsp3) is 0.560. The summed E-state index contributed by atoms with van der Waals surface area (Å²) in [5, 5.41) is 11.0. The Morgan fingerprint density at radius 3 is 2.69 bits per heavy atom. The minimum Gasteiger partial charge on any atom is -0.369 e. The number of Topliss-reactive ketones (excluding diaryl/α,β-unsaturated/α-hetero) is 1. The summed E-state index contributed by atoms with van der Waals surface area (Å²) in [7, 11) is -4.40. The van der Waals surface area contributed by atoms with Gasteiger partial charge in [0.1, 0.15) is 12.4 Å². The van der Waals surface area contributed by atoms with Crippen LogP contribution in [-0.2, 0) is 30.7 Å². The smallest absolute Gasteiger partial charge is 0.327 e. The summed E-state index contributed by atoms with van der Waals surface area (Å²) in [5.41, 5.74) is 2.63. The van der Waals surface area contributed by atoms with Gasteiger partial charge in [-0.25, -0.2) is 4.89 Å². The first-order valence-electron chi connectivity index (χ1n) is 11.5. The van der Waals surface area contributed by atoms with E-state index < -0.39 is 15.1 Å². The summed E-state index contributed by atoms with van der Waals surface area (Å²) in [6.07, 6.45) is 8.39. The molecule has 5 atom stereocenters. The molecular weight excluding hydrogens is 428 g/mol. The number of hydrogen-bond donors (Lipinski definition) is 1. The maximum absolute atomic E-state index is 12.8. The minimum absolute atomic E-state index is 0.0313. The predicted molar refractivity (Wildman–Crippen MR) is 118 cm³/mol. The van der Waals surface area contributed by atoms with Gasteiger partial charge in [-0.1, -0.05) is 43.3 Å². The predicted octanol–water partition coefficient (Wildman–Crippen LogP) is 4.22. The van der Waals surface area contributed by atoms with Gasteiger partial charge in [0.2, 0.25) is 4.93 Å². The molecule has 0 heterocycles. The largest absolute Gasteiger partial charge is 0.369 e. The van der Waals surface area contributed by atoms with Crippen molar-refractivity contribution >= 4 is 15.9 Å². The molecule has 4 aliphatic carbocycles. The second-order valence-electron chi connectivity index (χ2n) is 9.98. The molecule has 0 aliphatic heterocycles. The van der Waals surface area contributed by atoms with Crippen LogP contribution in [0.5, 0.6) is 0 Å². The van der Waals surface area contributed by atoms with Crippen LogP contribution in [0.2, 0.25) is 0 Å². The van der Waals surface area contributed by atoms with Gasteiger partial charge in [-0.05, 0) is 72.6 Å². The first-order valence-corrected chi connectivity index (χ1v) is 12.9. The molecule has 0 aromatic heterocycles. The topological polar surface area (TPSA) is 89.9 Å². The zero-order valence-electron chi connectivity index (χ0n) is 18.3. The number of hydrogen-bond acceptors (Lipinski definition) is 6. The average molecular weight is 459 g/mol. The van der Waals surface area contributed by atoms with Crippen molar-refractivity contribution in [2.75, 3.05) is 0 Å². The highest BCUT2D eigenvalue weighted by molar-refractivity contribution is 7.88. The van der Waals surface area contributed by atoms with Gasteiger partial charge in [-0.2, -0.15) is 8.42 Å². The fourth-order valence-electron chi connectivity index (χ4n) is 6.54. The zero-order valence-corrected chi connectivity index (χ0v) is 19.1. The number of aliphatic hydroxyl groups is 1. The van der Waals surface area contributed by atoms with Gasteiger partial charge in [0, 0.05) is 18.3 Å². The highest BCUT2D eigenvalue weighted by atomic mass is 32.2. The maximum Gasteiger partial charge on any atom is 0.327 e. The lowest BCUT2D eigenvalue weighted by Crippen LogP contribution is -2.45. The van der Waals surface area contributed by atoms with Crippen molar-refractivity contribution in [2.45, 2.75) is 63.4 Å². The van der Waals surface area contributed by atoms with E-state index in [1.165, 1.54) is 6.08 Å². The van der Waals surface area contributed by atoms with Crippen LogP contribution in [0.25, 0.3) is 0 Å². The van der Waals surface area contributed by atoms with E-state index in [1.54, 1.807) is 12.1 Å². The molecule has 172 valence electrons. The summed E-state index contributed by atoms with van der Waals surface area (Å²) in [6, 6.07) is 9.10. The molecule has 0 bridgehead atoms. The number of ketones is 1. The number of carbonyl (C=O) groups excluding carboxylic acids is 1. The van der Waals surface area contributed by atoms with Gasteiger partial charge in [0.05, 0.1) is 0 Å². The van der Waals surface area contributed by atoms with Gasteiger partial charge in [-0.15, -0.1) is 4.33 Å². The Hall–Kier alpha value is -1.80. The van der Waals surface area contributed by atoms with Crippen LogP contribution >= 0.6 is 0 Å². The lowest BCUT2D eigenvalue weighted by molar-refractivity contribution is -0.216. The van der Waals surface area contributed by atoms with Gasteiger partial charge in [-0.3, -0.25) is 4.79 Å². The maximum atomic E-state index is 12.8. The first-order chi connectivity index (χ1) is 15.2. The van der Waals surface area contributed by atoms with Crippen molar-refractivity contribution < 1.29 is 27.5 Å². The van der Waals surface area contributed by atoms with Gasteiger partial charge in [0.25, 0.3) is 0 Å². The number of carbonyl (C=O) groups is 1. The molecule has 32 heavy (non-hydrogen) atoms. The molecule has 1 aromatic rings. The summed E-state index contributed by atoms with van der Waals surface area (Å²) in [4.78, 5) is 15.3. The van der Waals surface area contributed by atoms with Crippen molar-refractivity contribution in [3.63, 3.8) is 0 Å². The molecule has 3 saturated carbocycles. The second kappa shape index (κ2) is 7.90. The molecule has 6 nitrogen and oxygen atoms in total. The van der Waals surface area contributed by atoms with Crippen molar-refractivity contribution in [3.05, 3.63) is 59.2 Å². The van der Waals surface area contributed by atoms with Crippen molar-refractivity contribution in [3.8, 4) is 0 Å². The summed E-state index contributed by atoms with van der Waals surface area (Å²) >= 11 is 0. The Labute approximate surface area is 189 Å². The van der Waals surface area contributed by atoms with E-state index in [0.29, 0.717) is 36.4 Å². The van der Waals surface area contributed by atoms with Gasteiger partial charge in [0.15, 0.2) is 0 Å². The standard InChI is InChI=1S/C25H30O6S/c1-24-13-11-20-19-12-14-25(27,32(28,29)31-30-16-17-5-3-2-4-6-17)15-18(19)7-8-21(20)22(24)9-10-23(24)26/h2-6,12,15,20-22,27H,7-11,13-14,16H2,1H3/t20-,21-,22+,24+,25?/m1/s1.